The van der Waals surface area contributed by atoms with Gasteiger partial charge in [0.05, 0.1) is 17.9 Å². The summed E-state index contributed by atoms with van der Waals surface area (Å²) in [4.78, 5) is 23.3. The van der Waals surface area contributed by atoms with Crippen molar-refractivity contribution in [2.45, 2.75) is 64.1 Å². The van der Waals surface area contributed by atoms with Gasteiger partial charge in [-0.05, 0) is 57.1 Å². The van der Waals surface area contributed by atoms with Crippen LogP contribution in [0.2, 0.25) is 0 Å². The number of nitrogens with zero attached hydrogens (tertiary/aromatic N) is 5. The molecule has 34 heavy (non-hydrogen) atoms. The van der Waals surface area contributed by atoms with E-state index in [4.69, 9.17) is 9.72 Å². The molecular formula is C25H30N6O2S. The number of carbonyl (C=O) groups is 1. The summed E-state index contributed by atoms with van der Waals surface area (Å²) in [6.07, 6.45) is 7.46. The lowest BCUT2D eigenvalue weighted by molar-refractivity contribution is 0.00892. The molecule has 9 heteroatoms. The number of aromatic nitrogens is 4. The fraction of sp³-hybridized carbons (Fsp3) is 0.520. The van der Waals surface area contributed by atoms with Crippen LogP contribution in [0.1, 0.15) is 58.9 Å². The minimum absolute atomic E-state index is 0.0770. The van der Waals surface area contributed by atoms with Crippen molar-refractivity contribution < 1.29 is 9.53 Å². The van der Waals surface area contributed by atoms with Gasteiger partial charge < -0.3 is 14.5 Å². The van der Waals surface area contributed by atoms with Crippen molar-refractivity contribution in [2.75, 3.05) is 19.6 Å². The van der Waals surface area contributed by atoms with Gasteiger partial charge in [-0.3, -0.25) is 4.79 Å². The van der Waals surface area contributed by atoms with Gasteiger partial charge in [-0.2, -0.15) is 15.4 Å². The molecule has 1 saturated carbocycles. The lowest BCUT2D eigenvalue weighted by Crippen LogP contribution is -2.50. The molecule has 3 aromatic rings. The average molecular weight is 479 g/mol. The van der Waals surface area contributed by atoms with Crippen molar-refractivity contribution >= 4 is 17.2 Å². The number of nitrogens with one attached hydrogen (secondary N) is 1. The number of ether oxygens (including phenoxy) is 1. The Morgan fingerprint density at radius 3 is 2.62 bits per heavy atom. The number of aryl methyl sites for hydroxylation is 1. The first-order valence-corrected chi connectivity index (χ1v) is 13.1. The minimum Gasteiger partial charge on any atom is -0.490 e. The Kier molecular flexibility index (Phi) is 5.82. The van der Waals surface area contributed by atoms with Crippen LogP contribution in [0.3, 0.4) is 0 Å². The number of carbonyl (C=O) groups excluding carboxylic acids is 1. The molecule has 1 amide bonds. The first kappa shape index (κ1) is 21.7. The average Bonchev–Trinajstić information content (AvgIpc) is 3.47. The molecule has 0 atom stereocenters. The molecule has 0 unspecified atom stereocenters. The highest BCUT2D eigenvalue weighted by Crippen LogP contribution is 2.35. The predicted octanol–water partition coefficient (Wildman–Crippen LogP) is 3.83. The number of H-pyrrole nitrogens is 1. The molecule has 0 spiro atoms. The van der Waals surface area contributed by atoms with Gasteiger partial charge >= 0.3 is 0 Å². The third kappa shape index (κ3) is 4.22. The van der Waals surface area contributed by atoms with Crippen molar-refractivity contribution in [2.24, 2.45) is 0 Å². The summed E-state index contributed by atoms with van der Waals surface area (Å²) in [5.41, 5.74) is 3.22. The zero-order valence-corrected chi connectivity index (χ0v) is 20.3. The smallest absolute Gasteiger partial charge is 0.276 e. The number of aromatic amines is 1. The summed E-state index contributed by atoms with van der Waals surface area (Å²) < 4.78 is 6.23. The summed E-state index contributed by atoms with van der Waals surface area (Å²) in [7, 11) is 0. The number of benzene rings is 1. The lowest BCUT2D eigenvalue weighted by atomic mass is 9.86. The Labute approximate surface area is 203 Å². The van der Waals surface area contributed by atoms with Gasteiger partial charge in [0, 0.05) is 42.3 Å². The highest BCUT2D eigenvalue weighted by Gasteiger charge is 2.35. The number of piperidine rings is 1. The zero-order chi connectivity index (χ0) is 23.1. The summed E-state index contributed by atoms with van der Waals surface area (Å²) in [6, 6.07) is 9.04. The Hall–Kier alpha value is -2.78. The van der Waals surface area contributed by atoms with Crippen LogP contribution in [0.4, 0.5) is 0 Å². The van der Waals surface area contributed by atoms with Crippen molar-refractivity contribution in [1.82, 2.24) is 30.2 Å². The molecule has 0 radical (unpaired) electrons. The number of hydrogen-bond donors (Lipinski definition) is 1. The van der Waals surface area contributed by atoms with Crippen LogP contribution in [0.25, 0.3) is 10.6 Å². The molecular weight excluding hydrogens is 448 g/mol. The summed E-state index contributed by atoms with van der Waals surface area (Å²) in [5, 5.41) is 11.5. The second-order valence-electron chi connectivity index (χ2n) is 9.61. The van der Waals surface area contributed by atoms with E-state index in [1.165, 1.54) is 32.4 Å². The topological polar surface area (TPSA) is 87.2 Å². The maximum atomic E-state index is 12.8. The van der Waals surface area contributed by atoms with E-state index in [0.29, 0.717) is 36.6 Å². The van der Waals surface area contributed by atoms with Crippen LogP contribution < -0.4 is 4.74 Å². The molecule has 0 bridgehead atoms. The van der Waals surface area contributed by atoms with Crippen LogP contribution in [0.15, 0.2) is 24.3 Å². The molecule has 1 saturated heterocycles. The van der Waals surface area contributed by atoms with Crippen LogP contribution in [0, 0.1) is 6.92 Å². The zero-order valence-electron chi connectivity index (χ0n) is 19.5. The lowest BCUT2D eigenvalue weighted by Gasteiger charge is -2.44. The molecule has 1 aromatic carbocycles. The second kappa shape index (κ2) is 9.11. The molecule has 8 nitrogen and oxygen atoms in total. The van der Waals surface area contributed by atoms with Gasteiger partial charge in [0.15, 0.2) is 5.69 Å². The number of likely N-dealkylation sites (tertiary alicyclic amines) is 1. The number of hydrogen-bond acceptors (Lipinski definition) is 7. The normalized spacial score (nSPS) is 22.8. The molecule has 6 rings (SSSR count). The Morgan fingerprint density at radius 1 is 1.09 bits per heavy atom. The van der Waals surface area contributed by atoms with E-state index < -0.39 is 0 Å². The first-order chi connectivity index (χ1) is 16.6. The van der Waals surface area contributed by atoms with Gasteiger partial charge in [0.1, 0.15) is 16.9 Å². The van der Waals surface area contributed by atoms with Crippen molar-refractivity contribution in [1.29, 1.82) is 0 Å². The van der Waals surface area contributed by atoms with Gasteiger partial charge in [-0.15, -0.1) is 11.3 Å². The fourth-order valence-electron chi connectivity index (χ4n) is 5.21. The van der Waals surface area contributed by atoms with E-state index in [0.717, 1.165) is 46.2 Å². The first-order valence-electron chi connectivity index (χ1n) is 12.3. The quantitative estimate of drug-likeness (QED) is 0.600. The molecule has 178 valence electrons. The monoisotopic (exact) mass is 478 g/mol. The van der Waals surface area contributed by atoms with Gasteiger partial charge in [0.2, 0.25) is 0 Å². The van der Waals surface area contributed by atoms with Gasteiger partial charge in [-0.1, -0.05) is 6.42 Å². The third-order valence-corrected chi connectivity index (χ3v) is 8.46. The molecule has 2 aliphatic heterocycles. The van der Waals surface area contributed by atoms with Crippen LogP contribution in [-0.4, -0.2) is 67.9 Å². The SMILES string of the molecule is Cc1n[nH]nc1C(=O)N1CCc2nc(-c3ccc(O[C@H]4C[C@H](N5CCCCC5)C4)cc3)sc2C1. The van der Waals surface area contributed by atoms with E-state index in [9.17, 15) is 4.79 Å². The molecule has 1 N–H and O–H groups in total. The number of rotatable bonds is 5. The second-order valence-corrected chi connectivity index (χ2v) is 10.7. The maximum absolute atomic E-state index is 12.8. The van der Waals surface area contributed by atoms with E-state index in [-0.39, 0.29) is 5.91 Å². The van der Waals surface area contributed by atoms with Crippen LogP contribution >= 0.6 is 11.3 Å². The van der Waals surface area contributed by atoms with E-state index >= 15 is 0 Å². The Balaban J connectivity index is 1.07. The standard InChI is InChI=1S/C25H30N6O2S/c1-16-23(28-29-27-16)25(32)31-12-9-21-22(15-31)34-24(26-21)17-5-7-19(8-6-17)33-20-13-18(14-20)30-10-3-2-4-11-30/h5-8,18,20H,2-4,9-15H2,1H3,(H,27,28,29)/t18-,20-. The van der Waals surface area contributed by atoms with E-state index in [2.05, 4.69) is 44.6 Å². The van der Waals surface area contributed by atoms with Gasteiger partial charge in [-0.25, -0.2) is 4.98 Å². The Bertz CT molecular complexity index is 1160. The van der Waals surface area contributed by atoms with Crippen molar-refractivity contribution in [3.8, 4) is 16.3 Å². The third-order valence-electron chi connectivity index (χ3n) is 7.32. The maximum Gasteiger partial charge on any atom is 0.276 e. The van der Waals surface area contributed by atoms with Crippen molar-refractivity contribution in [3.05, 3.63) is 46.2 Å². The van der Waals surface area contributed by atoms with Crippen molar-refractivity contribution in [3.63, 3.8) is 0 Å². The molecule has 3 aliphatic rings. The molecule has 4 heterocycles. The molecule has 2 fully saturated rings. The highest BCUT2D eigenvalue weighted by molar-refractivity contribution is 7.15. The number of fused-ring (bicyclic) bond motifs is 1. The van der Waals surface area contributed by atoms with Crippen LogP contribution in [-0.2, 0) is 13.0 Å². The minimum atomic E-state index is -0.0770. The van der Waals surface area contributed by atoms with E-state index in [1.54, 1.807) is 18.3 Å². The largest absolute Gasteiger partial charge is 0.490 e. The van der Waals surface area contributed by atoms with Gasteiger partial charge in [0.25, 0.3) is 5.91 Å². The summed E-state index contributed by atoms with van der Waals surface area (Å²) in [5.74, 6) is 0.860. The van der Waals surface area contributed by atoms with E-state index in [1.807, 2.05) is 4.90 Å². The molecule has 2 aromatic heterocycles. The fourth-order valence-corrected chi connectivity index (χ4v) is 6.34. The predicted molar refractivity (Wildman–Crippen MR) is 130 cm³/mol. The molecule has 1 aliphatic carbocycles. The Morgan fingerprint density at radius 2 is 1.88 bits per heavy atom. The number of thiazole rings is 1. The summed E-state index contributed by atoms with van der Waals surface area (Å²) in [6.45, 7) is 5.53. The van der Waals surface area contributed by atoms with Crippen LogP contribution in [0.5, 0.6) is 5.75 Å². The summed E-state index contributed by atoms with van der Waals surface area (Å²) >= 11 is 1.67. The highest BCUT2D eigenvalue weighted by atomic mass is 32.1. The number of amides is 1.